The SMILES string of the molecule is NCC1CCN(c2ccc([N+](=O)[O-])c(N)n2)CC1. The van der Waals surface area contributed by atoms with E-state index in [9.17, 15) is 10.1 Å². The van der Waals surface area contributed by atoms with Crippen molar-refractivity contribution in [2.75, 3.05) is 30.3 Å². The van der Waals surface area contributed by atoms with Gasteiger partial charge < -0.3 is 16.4 Å². The van der Waals surface area contributed by atoms with Crippen LogP contribution in [-0.4, -0.2) is 29.5 Å². The highest BCUT2D eigenvalue weighted by Crippen LogP contribution is 2.26. The normalized spacial score (nSPS) is 16.8. The Balaban J connectivity index is 2.11. The quantitative estimate of drug-likeness (QED) is 0.605. The summed E-state index contributed by atoms with van der Waals surface area (Å²) in [5.41, 5.74) is 11.1. The number of nitrogens with two attached hydrogens (primary N) is 2. The van der Waals surface area contributed by atoms with E-state index in [2.05, 4.69) is 9.88 Å². The Hall–Kier alpha value is -1.89. The molecule has 7 nitrogen and oxygen atoms in total. The van der Waals surface area contributed by atoms with Crippen molar-refractivity contribution in [1.29, 1.82) is 0 Å². The third-order valence-electron chi connectivity index (χ3n) is 3.36. The molecule has 0 bridgehead atoms. The second kappa shape index (κ2) is 5.18. The molecule has 1 aromatic heterocycles. The van der Waals surface area contributed by atoms with Gasteiger partial charge in [0.15, 0.2) is 0 Å². The molecule has 0 amide bonds. The van der Waals surface area contributed by atoms with E-state index < -0.39 is 4.92 Å². The summed E-state index contributed by atoms with van der Waals surface area (Å²) in [7, 11) is 0. The molecule has 2 heterocycles. The lowest BCUT2D eigenvalue weighted by molar-refractivity contribution is -0.384. The van der Waals surface area contributed by atoms with Gasteiger partial charge >= 0.3 is 5.69 Å². The monoisotopic (exact) mass is 251 g/mol. The van der Waals surface area contributed by atoms with Crippen LogP contribution in [0.1, 0.15) is 12.8 Å². The third-order valence-corrected chi connectivity index (χ3v) is 3.36. The van der Waals surface area contributed by atoms with Crippen LogP contribution in [0.5, 0.6) is 0 Å². The van der Waals surface area contributed by atoms with Gasteiger partial charge in [-0.3, -0.25) is 10.1 Å². The van der Waals surface area contributed by atoms with Gasteiger partial charge in [-0.1, -0.05) is 0 Å². The number of rotatable bonds is 3. The van der Waals surface area contributed by atoms with Crippen LogP contribution < -0.4 is 16.4 Å². The van der Waals surface area contributed by atoms with Crippen LogP contribution in [0.25, 0.3) is 0 Å². The third kappa shape index (κ3) is 2.51. The Bertz CT molecular complexity index is 443. The molecule has 1 aromatic rings. The highest BCUT2D eigenvalue weighted by atomic mass is 16.6. The number of anilines is 2. The Morgan fingerprint density at radius 2 is 2.11 bits per heavy atom. The molecule has 2 rings (SSSR count). The predicted molar refractivity (Wildman–Crippen MR) is 69.3 cm³/mol. The molecule has 0 aliphatic carbocycles. The van der Waals surface area contributed by atoms with Crippen LogP contribution in [0.2, 0.25) is 0 Å². The molecule has 18 heavy (non-hydrogen) atoms. The summed E-state index contributed by atoms with van der Waals surface area (Å²) in [6, 6.07) is 3.06. The minimum Gasteiger partial charge on any atom is -0.378 e. The zero-order valence-electron chi connectivity index (χ0n) is 10.1. The lowest BCUT2D eigenvalue weighted by Gasteiger charge is -2.32. The maximum absolute atomic E-state index is 10.6. The second-order valence-corrected chi connectivity index (χ2v) is 4.50. The van der Waals surface area contributed by atoms with Crippen LogP contribution in [-0.2, 0) is 0 Å². The highest BCUT2D eigenvalue weighted by molar-refractivity contribution is 5.58. The molecule has 1 fully saturated rings. The summed E-state index contributed by atoms with van der Waals surface area (Å²) in [5, 5.41) is 10.6. The summed E-state index contributed by atoms with van der Waals surface area (Å²) in [4.78, 5) is 16.3. The first-order valence-corrected chi connectivity index (χ1v) is 5.97. The summed E-state index contributed by atoms with van der Waals surface area (Å²) in [6.07, 6.45) is 2.05. The van der Waals surface area contributed by atoms with E-state index in [4.69, 9.17) is 11.5 Å². The average Bonchev–Trinajstić information content (AvgIpc) is 2.38. The lowest BCUT2D eigenvalue weighted by atomic mass is 9.97. The fraction of sp³-hybridized carbons (Fsp3) is 0.545. The van der Waals surface area contributed by atoms with Gasteiger partial charge in [0, 0.05) is 19.2 Å². The molecular weight excluding hydrogens is 234 g/mol. The number of piperidine rings is 1. The number of pyridine rings is 1. The molecular formula is C11H17N5O2. The fourth-order valence-corrected chi connectivity index (χ4v) is 2.19. The first kappa shape index (κ1) is 12.6. The van der Waals surface area contributed by atoms with E-state index in [1.54, 1.807) is 6.07 Å². The molecule has 1 aliphatic rings. The highest BCUT2D eigenvalue weighted by Gasteiger charge is 2.21. The molecule has 0 aromatic carbocycles. The lowest BCUT2D eigenvalue weighted by Crippen LogP contribution is -2.36. The maximum atomic E-state index is 10.6. The predicted octanol–water partition coefficient (Wildman–Crippen LogP) is 0.747. The zero-order valence-corrected chi connectivity index (χ0v) is 10.1. The molecule has 0 radical (unpaired) electrons. The minimum absolute atomic E-state index is 0.0292. The molecule has 0 unspecified atom stereocenters. The molecule has 7 heteroatoms. The molecule has 98 valence electrons. The molecule has 1 aliphatic heterocycles. The molecule has 0 spiro atoms. The molecule has 0 saturated carbocycles. The van der Waals surface area contributed by atoms with Crippen LogP contribution in [0, 0.1) is 16.0 Å². The van der Waals surface area contributed by atoms with Gasteiger partial charge in [0.2, 0.25) is 5.82 Å². The second-order valence-electron chi connectivity index (χ2n) is 4.50. The van der Waals surface area contributed by atoms with Gasteiger partial charge in [0.25, 0.3) is 0 Å². The minimum atomic E-state index is -0.521. The fourth-order valence-electron chi connectivity index (χ4n) is 2.19. The number of hydrogen-bond donors (Lipinski definition) is 2. The van der Waals surface area contributed by atoms with Crippen molar-refractivity contribution in [2.45, 2.75) is 12.8 Å². The summed E-state index contributed by atoms with van der Waals surface area (Å²) in [5.74, 6) is 1.24. The Morgan fingerprint density at radius 3 is 2.61 bits per heavy atom. The van der Waals surface area contributed by atoms with E-state index in [1.807, 2.05) is 0 Å². The largest absolute Gasteiger partial charge is 0.378 e. The van der Waals surface area contributed by atoms with Crippen molar-refractivity contribution >= 4 is 17.3 Å². The van der Waals surface area contributed by atoms with E-state index in [-0.39, 0.29) is 11.5 Å². The van der Waals surface area contributed by atoms with Gasteiger partial charge in [0.1, 0.15) is 5.82 Å². The van der Waals surface area contributed by atoms with E-state index >= 15 is 0 Å². The van der Waals surface area contributed by atoms with Gasteiger partial charge in [-0.2, -0.15) is 0 Å². The topological polar surface area (TPSA) is 111 Å². The van der Waals surface area contributed by atoms with Crippen molar-refractivity contribution in [2.24, 2.45) is 11.7 Å². The van der Waals surface area contributed by atoms with Crippen LogP contribution in [0.15, 0.2) is 12.1 Å². The molecule has 1 saturated heterocycles. The van der Waals surface area contributed by atoms with Crippen molar-refractivity contribution in [3.05, 3.63) is 22.2 Å². The number of nitrogens with zero attached hydrogens (tertiary/aromatic N) is 3. The summed E-state index contributed by atoms with van der Waals surface area (Å²) >= 11 is 0. The van der Waals surface area contributed by atoms with Gasteiger partial charge in [-0.05, 0) is 31.4 Å². The first-order valence-electron chi connectivity index (χ1n) is 5.97. The van der Waals surface area contributed by atoms with Crippen molar-refractivity contribution in [3.8, 4) is 0 Å². The van der Waals surface area contributed by atoms with Crippen LogP contribution >= 0.6 is 0 Å². The summed E-state index contributed by atoms with van der Waals surface area (Å²) < 4.78 is 0. The van der Waals surface area contributed by atoms with Gasteiger partial charge in [0.05, 0.1) is 4.92 Å². The standard InChI is InChI=1S/C11H17N5O2/c12-7-8-3-5-15(6-4-8)10-2-1-9(16(17)18)11(13)14-10/h1-2,8H,3-7,12H2,(H2,13,14). The average molecular weight is 251 g/mol. The Kier molecular flexibility index (Phi) is 3.61. The van der Waals surface area contributed by atoms with Crippen molar-refractivity contribution < 1.29 is 4.92 Å². The molecule has 0 atom stereocenters. The number of nitrogen functional groups attached to an aromatic ring is 1. The zero-order chi connectivity index (χ0) is 13.1. The maximum Gasteiger partial charge on any atom is 0.311 e. The van der Waals surface area contributed by atoms with Crippen molar-refractivity contribution in [3.63, 3.8) is 0 Å². The number of nitro groups is 1. The smallest absolute Gasteiger partial charge is 0.311 e. The Labute approximate surface area is 105 Å². The Morgan fingerprint density at radius 1 is 1.44 bits per heavy atom. The van der Waals surface area contributed by atoms with Gasteiger partial charge in [-0.25, -0.2) is 4.98 Å². The first-order chi connectivity index (χ1) is 8.61. The summed E-state index contributed by atoms with van der Waals surface area (Å²) in [6.45, 7) is 2.45. The number of hydrogen-bond acceptors (Lipinski definition) is 6. The number of aromatic nitrogens is 1. The van der Waals surface area contributed by atoms with Crippen molar-refractivity contribution in [1.82, 2.24) is 4.98 Å². The van der Waals surface area contributed by atoms with E-state index in [0.29, 0.717) is 18.3 Å². The van der Waals surface area contributed by atoms with E-state index in [1.165, 1.54) is 6.07 Å². The van der Waals surface area contributed by atoms with E-state index in [0.717, 1.165) is 25.9 Å². The van der Waals surface area contributed by atoms with Crippen LogP contribution in [0.4, 0.5) is 17.3 Å². The van der Waals surface area contributed by atoms with Crippen LogP contribution in [0.3, 0.4) is 0 Å². The molecule has 4 N–H and O–H groups in total. The van der Waals surface area contributed by atoms with Gasteiger partial charge in [-0.15, -0.1) is 0 Å².